The van der Waals surface area contributed by atoms with Gasteiger partial charge in [-0.2, -0.15) is 0 Å². The molecule has 0 aromatic heterocycles. The Morgan fingerprint density at radius 3 is 2.73 bits per heavy atom. The molecule has 0 aliphatic carbocycles. The highest BCUT2D eigenvalue weighted by Gasteiger charge is 2.04. The number of hydrogen-bond acceptors (Lipinski definition) is 3. The van der Waals surface area contributed by atoms with E-state index in [0.29, 0.717) is 23.7 Å². The van der Waals surface area contributed by atoms with Crippen molar-refractivity contribution in [3.8, 4) is 5.75 Å². The summed E-state index contributed by atoms with van der Waals surface area (Å²) in [5.74, 6) is 0.574. The Morgan fingerprint density at radius 2 is 2.05 bits per heavy atom. The van der Waals surface area contributed by atoms with Crippen LogP contribution in [0.4, 0.5) is 11.4 Å². The highest BCUT2D eigenvalue weighted by atomic mass is 79.9. The van der Waals surface area contributed by atoms with Crippen molar-refractivity contribution >= 4 is 44.8 Å². The molecule has 2 aromatic carbocycles. The third kappa shape index (κ3) is 4.93. The van der Waals surface area contributed by atoms with E-state index in [-0.39, 0.29) is 5.91 Å². The Morgan fingerprint density at radius 1 is 1.23 bits per heavy atom. The first-order chi connectivity index (χ1) is 10.6. The van der Waals surface area contributed by atoms with Gasteiger partial charge in [-0.3, -0.25) is 4.79 Å². The van der Waals surface area contributed by atoms with Crippen molar-refractivity contribution in [3.05, 3.63) is 52.0 Å². The Bertz CT molecular complexity index is 664. The second-order valence-electron chi connectivity index (χ2n) is 4.58. The van der Waals surface area contributed by atoms with Gasteiger partial charge in [0.05, 0.1) is 12.1 Å². The maximum absolute atomic E-state index is 11.9. The molecule has 0 bridgehead atoms. The maximum Gasteiger partial charge on any atom is 0.226 e. The lowest BCUT2D eigenvalue weighted by atomic mass is 10.2. The van der Waals surface area contributed by atoms with Crippen molar-refractivity contribution < 1.29 is 9.53 Å². The van der Waals surface area contributed by atoms with Gasteiger partial charge in [-0.05, 0) is 36.4 Å². The second-order valence-corrected chi connectivity index (χ2v) is 5.91. The molecule has 0 heterocycles. The smallest absolute Gasteiger partial charge is 0.226 e. The average Bonchev–Trinajstić information content (AvgIpc) is 2.47. The lowest BCUT2D eigenvalue weighted by molar-refractivity contribution is -0.115. The van der Waals surface area contributed by atoms with Crippen LogP contribution in [-0.2, 0) is 4.79 Å². The highest BCUT2D eigenvalue weighted by Crippen LogP contribution is 2.27. The SMILES string of the molecule is COc1ccc(NCCC(=O)Nc2cccc(Br)c2)cc1Cl. The number of nitrogens with one attached hydrogen (secondary N) is 2. The minimum absolute atomic E-state index is 0.0507. The van der Waals surface area contributed by atoms with Gasteiger partial charge in [-0.25, -0.2) is 0 Å². The van der Waals surface area contributed by atoms with Crippen molar-refractivity contribution in [1.29, 1.82) is 0 Å². The number of methoxy groups -OCH3 is 1. The molecule has 0 unspecified atom stereocenters. The van der Waals surface area contributed by atoms with E-state index < -0.39 is 0 Å². The van der Waals surface area contributed by atoms with Gasteiger partial charge in [0.2, 0.25) is 5.91 Å². The lowest BCUT2D eigenvalue weighted by Gasteiger charge is -2.09. The van der Waals surface area contributed by atoms with Gasteiger partial charge >= 0.3 is 0 Å². The molecule has 0 saturated heterocycles. The summed E-state index contributed by atoms with van der Waals surface area (Å²) >= 11 is 9.41. The quantitative estimate of drug-likeness (QED) is 0.769. The predicted molar refractivity (Wildman–Crippen MR) is 93.9 cm³/mol. The summed E-state index contributed by atoms with van der Waals surface area (Å²) in [6.45, 7) is 0.516. The molecule has 2 rings (SSSR count). The summed E-state index contributed by atoms with van der Waals surface area (Å²) in [5, 5.41) is 6.53. The van der Waals surface area contributed by atoms with Crippen LogP contribution in [0.25, 0.3) is 0 Å². The Hall–Kier alpha value is -1.72. The minimum Gasteiger partial charge on any atom is -0.495 e. The molecule has 0 aliphatic rings. The normalized spacial score (nSPS) is 10.1. The second kappa shape index (κ2) is 8.06. The van der Waals surface area contributed by atoms with Crippen LogP contribution < -0.4 is 15.4 Å². The first-order valence-electron chi connectivity index (χ1n) is 6.71. The molecule has 1 amide bonds. The summed E-state index contributed by atoms with van der Waals surface area (Å²) in [5.41, 5.74) is 1.62. The molecule has 116 valence electrons. The molecule has 2 aromatic rings. The molecule has 6 heteroatoms. The molecule has 0 spiro atoms. The number of halogens is 2. The maximum atomic E-state index is 11.9. The first-order valence-corrected chi connectivity index (χ1v) is 7.88. The highest BCUT2D eigenvalue weighted by molar-refractivity contribution is 9.10. The monoisotopic (exact) mass is 382 g/mol. The van der Waals surface area contributed by atoms with E-state index in [1.54, 1.807) is 19.2 Å². The van der Waals surface area contributed by atoms with Gasteiger partial charge in [-0.15, -0.1) is 0 Å². The van der Waals surface area contributed by atoms with E-state index in [2.05, 4.69) is 26.6 Å². The molecule has 2 N–H and O–H groups in total. The molecule has 22 heavy (non-hydrogen) atoms. The molecular formula is C16H16BrClN2O2. The van der Waals surface area contributed by atoms with Gasteiger partial charge < -0.3 is 15.4 Å². The predicted octanol–water partition coefficient (Wildman–Crippen LogP) is 4.55. The fraction of sp³-hybridized carbons (Fsp3) is 0.188. The molecule has 0 aliphatic heterocycles. The number of carbonyl (C=O) groups is 1. The van der Waals surface area contributed by atoms with E-state index in [0.717, 1.165) is 15.8 Å². The van der Waals surface area contributed by atoms with Crippen LogP contribution in [0, 0.1) is 0 Å². The van der Waals surface area contributed by atoms with Gasteiger partial charge in [-0.1, -0.05) is 33.6 Å². The van der Waals surface area contributed by atoms with Crippen LogP contribution in [0.5, 0.6) is 5.75 Å². The van der Waals surface area contributed by atoms with Crippen molar-refractivity contribution in [1.82, 2.24) is 0 Å². The fourth-order valence-electron chi connectivity index (χ4n) is 1.89. The largest absolute Gasteiger partial charge is 0.495 e. The van der Waals surface area contributed by atoms with Gasteiger partial charge in [0, 0.05) is 28.8 Å². The van der Waals surface area contributed by atoms with Crippen molar-refractivity contribution in [2.24, 2.45) is 0 Å². The van der Waals surface area contributed by atoms with Crippen molar-refractivity contribution in [3.63, 3.8) is 0 Å². The molecule has 0 atom stereocenters. The molecular weight excluding hydrogens is 368 g/mol. The van der Waals surface area contributed by atoms with E-state index in [1.807, 2.05) is 30.3 Å². The van der Waals surface area contributed by atoms with E-state index >= 15 is 0 Å². The summed E-state index contributed by atoms with van der Waals surface area (Å²) < 4.78 is 6.02. The van der Waals surface area contributed by atoms with Crippen LogP contribution in [0.15, 0.2) is 46.9 Å². The summed E-state index contributed by atoms with van der Waals surface area (Å²) in [6, 6.07) is 12.9. The molecule has 4 nitrogen and oxygen atoms in total. The average molecular weight is 384 g/mol. The van der Waals surface area contributed by atoms with Crippen molar-refractivity contribution in [2.45, 2.75) is 6.42 Å². The molecule has 0 radical (unpaired) electrons. The van der Waals surface area contributed by atoms with Crippen LogP contribution in [-0.4, -0.2) is 19.6 Å². The Labute approximate surface area is 142 Å². The summed E-state index contributed by atoms with van der Waals surface area (Å²) in [4.78, 5) is 11.9. The standard InChI is InChI=1S/C16H16BrClN2O2/c1-22-15-6-5-12(10-14(15)18)19-8-7-16(21)20-13-4-2-3-11(17)9-13/h2-6,9-10,19H,7-8H2,1H3,(H,20,21). The van der Waals surface area contributed by atoms with Crippen LogP contribution >= 0.6 is 27.5 Å². The zero-order chi connectivity index (χ0) is 15.9. The summed E-state index contributed by atoms with van der Waals surface area (Å²) in [7, 11) is 1.57. The number of carbonyl (C=O) groups excluding carboxylic acids is 1. The van der Waals surface area contributed by atoms with Crippen molar-refractivity contribution in [2.75, 3.05) is 24.3 Å². The minimum atomic E-state index is -0.0507. The van der Waals surface area contributed by atoms with Crippen LogP contribution in [0.3, 0.4) is 0 Å². The van der Waals surface area contributed by atoms with Gasteiger partial charge in [0.15, 0.2) is 0 Å². The van der Waals surface area contributed by atoms with E-state index in [1.165, 1.54) is 0 Å². The first kappa shape index (κ1) is 16.6. The number of hydrogen-bond donors (Lipinski definition) is 2. The summed E-state index contributed by atoms with van der Waals surface area (Å²) in [6.07, 6.45) is 0.357. The lowest BCUT2D eigenvalue weighted by Crippen LogP contribution is -2.16. The van der Waals surface area contributed by atoms with Crippen LogP contribution in [0.1, 0.15) is 6.42 Å². The number of anilines is 2. The number of amides is 1. The zero-order valence-electron chi connectivity index (χ0n) is 12.0. The number of benzene rings is 2. The van der Waals surface area contributed by atoms with Crippen LogP contribution in [0.2, 0.25) is 5.02 Å². The van der Waals surface area contributed by atoms with Gasteiger partial charge in [0.1, 0.15) is 5.75 Å². The third-order valence-corrected chi connectivity index (χ3v) is 3.73. The zero-order valence-corrected chi connectivity index (χ0v) is 14.4. The Kier molecular flexibility index (Phi) is 6.10. The number of rotatable bonds is 6. The topological polar surface area (TPSA) is 50.4 Å². The molecule has 0 fully saturated rings. The van der Waals surface area contributed by atoms with E-state index in [9.17, 15) is 4.79 Å². The third-order valence-electron chi connectivity index (χ3n) is 2.94. The van der Waals surface area contributed by atoms with Gasteiger partial charge in [0.25, 0.3) is 0 Å². The molecule has 0 saturated carbocycles. The fourth-order valence-corrected chi connectivity index (χ4v) is 2.54. The number of ether oxygens (including phenoxy) is 1. The Balaban J connectivity index is 1.81. The van der Waals surface area contributed by atoms with E-state index in [4.69, 9.17) is 16.3 Å².